The van der Waals surface area contributed by atoms with Crippen LogP contribution >= 0.6 is 11.6 Å². The fourth-order valence-corrected chi connectivity index (χ4v) is 2.96. The van der Waals surface area contributed by atoms with E-state index in [0.29, 0.717) is 11.5 Å². The number of aromatic nitrogens is 4. The van der Waals surface area contributed by atoms with Gasteiger partial charge in [0.1, 0.15) is 12.4 Å². The van der Waals surface area contributed by atoms with Crippen LogP contribution in [0.25, 0.3) is 0 Å². The van der Waals surface area contributed by atoms with Gasteiger partial charge in [0.15, 0.2) is 11.6 Å². The van der Waals surface area contributed by atoms with Crippen molar-refractivity contribution in [3.05, 3.63) is 53.2 Å². The molecule has 170 valence electrons. The molecule has 32 heavy (non-hydrogen) atoms. The topological polar surface area (TPSA) is 126 Å². The summed E-state index contributed by atoms with van der Waals surface area (Å²) >= 11 is 6.11. The Bertz CT molecular complexity index is 1080. The van der Waals surface area contributed by atoms with Crippen molar-refractivity contribution in [2.24, 2.45) is 0 Å². The minimum Gasteiger partial charge on any atom is -0.494 e. The van der Waals surface area contributed by atoms with Crippen molar-refractivity contribution in [3.8, 4) is 5.75 Å². The van der Waals surface area contributed by atoms with E-state index in [1.807, 2.05) is 0 Å². The molecule has 0 radical (unpaired) electrons. The smallest absolute Gasteiger partial charge is 0.242 e. The third-order valence-corrected chi connectivity index (χ3v) is 4.70. The van der Waals surface area contributed by atoms with Gasteiger partial charge >= 0.3 is 0 Å². The number of nitrogens with one attached hydrogen (secondary N) is 3. The first-order valence-corrected chi connectivity index (χ1v) is 10.0. The standard InChI is InChI=1S/C20H23ClFN7O3/c1-12(11-30)26-18(31)10-29-9-13(7-25-29)27-20-23-6-5-17(28-20)24-8-14-15(21)3-4-16(32-2)19(14)22/h3-7,9,12,30H,8,10-11H2,1-2H3,(H,26,31)(H2,23,24,27,28). The quantitative estimate of drug-likeness (QED) is 0.361. The Balaban J connectivity index is 1.62. The monoisotopic (exact) mass is 463 g/mol. The normalized spacial score (nSPS) is 11.7. The Hall–Kier alpha value is -3.44. The molecule has 0 spiro atoms. The molecule has 12 heteroatoms. The number of benzene rings is 1. The lowest BCUT2D eigenvalue weighted by molar-refractivity contribution is -0.122. The second kappa shape index (κ2) is 10.7. The summed E-state index contributed by atoms with van der Waals surface area (Å²) in [6, 6.07) is 4.33. The highest BCUT2D eigenvalue weighted by Gasteiger charge is 2.13. The third kappa shape index (κ3) is 6.05. The Labute approximate surface area is 188 Å². The second-order valence-electron chi connectivity index (χ2n) is 6.86. The number of aliphatic hydroxyl groups excluding tert-OH is 1. The van der Waals surface area contributed by atoms with Crippen molar-refractivity contribution in [1.82, 2.24) is 25.1 Å². The first-order chi connectivity index (χ1) is 15.4. The zero-order valence-corrected chi connectivity index (χ0v) is 18.2. The molecule has 0 aliphatic rings. The van der Waals surface area contributed by atoms with E-state index in [9.17, 15) is 9.18 Å². The predicted molar refractivity (Wildman–Crippen MR) is 118 cm³/mol. The van der Waals surface area contributed by atoms with Crippen molar-refractivity contribution in [2.75, 3.05) is 24.4 Å². The van der Waals surface area contributed by atoms with E-state index in [0.717, 1.165) is 0 Å². The summed E-state index contributed by atoms with van der Waals surface area (Å²) in [7, 11) is 1.39. The summed E-state index contributed by atoms with van der Waals surface area (Å²) in [6.07, 6.45) is 4.69. The number of amides is 1. The SMILES string of the molecule is COc1ccc(Cl)c(CNc2ccnc(Nc3cnn(CC(=O)NC(C)CO)c3)n2)c1F. The molecule has 0 saturated carbocycles. The summed E-state index contributed by atoms with van der Waals surface area (Å²) in [5.41, 5.74) is 0.834. The van der Waals surface area contributed by atoms with Gasteiger partial charge in [-0.3, -0.25) is 9.48 Å². The summed E-state index contributed by atoms with van der Waals surface area (Å²) in [4.78, 5) is 20.4. The molecule has 0 fully saturated rings. The van der Waals surface area contributed by atoms with Gasteiger partial charge in [0, 0.05) is 35.6 Å². The molecule has 0 aliphatic carbocycles. The van der Waals surface area contributed by atoms with Crippen LogP contribution in [0.1, 0.15) is 12.5 Å². The molecule has 0 bridgehead atoms. The molecule has 4 N–H and O–H groups in total. The minimum absolute atomic E-state index is 0.00132. The van der Waals surface area contributed by atoms with Crippen LogP contribution in [-0.2, 0) is 17.9 Å². The highest BCUT2D eigenvalue weighted by molar-refractivity contribution is 6.31. The van der Waals surface area contributed by atoms with E-state index in [2.05, 4.69) is 31.0 Å². The van der Waals surface area contributed by atoms with Crippen molar-refractivity contribution in [3.63, 3.8) is 0 Å². The minimum atomic E-state index is -0.537. The first-order valence-electron chi connectivity index (χ1n) is 9.67. The van der Waals surface area contributed by atoms with E-state index in [1.165, 1.54) is 30.3 Å². The third-order valence-electron chi connectivity index (χ3n) is 4.35. The Morgan fingerprint density at radius 1 is 1.38 bits per heavy atom. The van der Waals surface area contributed by atoms with Gasteiger partial charge in [-0.25, -0.2) is 9.37 Å². The average molecular weight is 464 g/mol. The Morgan fingerprint density at radius 3 is 2.94 bits per heavy atom. The summed E-state index contributed by atoms with van der Waals surface area (Å²) in [5.74, 6) is 0.0280. The molecule has 1 atom stereocenters. The number of carbonyl (C=O) groups is 1. The molecule has 2 heterocycles. The van der Waals surface area contributed by atoms with E-state index in [-0.39, 0.29) is 53.9 Å². The number of methoxy groups -OCH3 is 1. The van der Waals surface area contributed by atoms with Crippen molar-refractivity contribution in [1.29, 1.82) is 0 Å². The second-order valence-corrected chi connectivity index (χ2v) is 7.27. The van der Waals surface area contributed by atoms with Gasteiger partial charge in [0.05, 0.1) is 25.6 Å². The number of halogens is 2. The number of hydrogen-bond donors (Lipinski definition) is 4. The predicted octanol–water partition coefficient (Wildman–Crippen LogP) is 2.33. The van der Waals surface area contributed by atoms with Gasteiger partial charge in [0.2, 0.25) is 11.9 Å². The average Bonchev–Trinajstić information content (AvgIpc) is 3.20. The van der Waals surface area contributed by atoms with E-state index < -0.39 is 5.82 Å². The number of aliphatic hydroxyl groups is 1. The van der Waals surface area contributed by atoms with Gasteiger partial charge in [-0.1, -0.05) is 11.6 Å². The van der Waals surface area contributed by atoms with E-state index in [4.69, 9.17) is 21.4 Å². The van der Waals surface area contributed by atoms with Crippen LogP contribution < -0.4 is 20.7 Å². The van der Waals surface area contributed by atoms with Crippen molar-refractivity contribution >= 4 is 35.0 Å². The van der Waals surface area contributed by atoms with Crippen LogP contribution in [0.4, 0.5) is 21.8 Å². The van der Waals surface area contributed by atoms with E-state index >= 15 is 0 Å². The maximum atomic E-state index is 14.4. The molecule has 0 saturated heterocycles. The number of hydrogen-bond acceptors (Lipinski definition) is 8. The molecule has 10 nitrogen and oxygen atoms in total. The highest BCUT2D eigenvalue weighted by Crippen LogP contribution is 2.27. The lowest BCUT2D eigenvalue weighted by atomic mass is 10.2. The molecule has 3 aromatic rings. The largest absolute Gasteiger partial charge is 0.494 e. The van der Waals surface area contributed by atoms with Crippen LogP contribution in [0.5, 0.6) is 5.75 Å². The van der Waals surface area contributed by atoms with Crippen LogP contribution in [0.2, 0.25) is 5.02 Å². The van der Waals surface area contributed by atoms with Crippen LogP contribution in [0.3, 0.4) is 0 Å². The number of anilines is 3. The lowest BCUT2D eigenvalue weighted by Crippen LogP contribution is -2.37. The molecular weight excluding hydrogens is 441 g/mol. The fraction of sp³-hybridized carbons (Fsp3) is 0.300. The highest BCUT2D eigenvalue weighted by atomic mass is 35.5. The summed E-state index contributed by atoms with van der Waals surface area (Å²) < 4.78 is 20.9. The van der Waals surface area contributed by atoms with Crippen LogP contribution in [0, 0.1) is 5.82 Å². The molecule has 3 rings (SSSR count). The molecule has 0 aliphatic heterocycles. The van der Waals surface area contributed by atoms with Gasteiger partial charge < -0.3 is 25.8 Å². The van der Waals surface area contributed by atoms with Crippen molar-refractivity contribution < 1.29 is 19.0 Å². The summed E-state index contributed by atoms with van der Waals surface area (Å²) in [6.45, 7) is 1.65. The number of ether oxygens (including phenoxy) is 1. The van der Waals surface area contributed by atoms with Crippen LogP contribution in [0.15, 0.2) is 36.8 Å². The maximum Gasteiger partial charge on any atom is 0.242 e. The van der Waals surface area contributed by atoms with Gasteiger partial charge in [-0.15, -0.1) is 0 Å². The van der Waals surface area contributed by atoms with Crippen LogP contribution in [-0.4, -0.2) is 50.5 Å². The van der Waals surface area contributed by atoms with E-state index in [1.54, 1.807) is 25.3 Å². The molecule has 1 unspecified atom stereocenters. The number of rotatable bonds is 10. The Morgan fingerprint density at radius 2 is 2.19 bits per heavy atom. The molecular formula is C20H23ClFN7O3. The Kier molecular flexibility index (Phi) is 7.79. The molecule has 2 aromatic heterocycles. The van der Waals surface area contributed by atoms with Gasteiger partial charge in [-0.2, -0.15) is 10.1 Å². The maximum absolute atomic E-state index is 14.4. The zero-order valence-electron chi connectivity index (χ0n) is 17.5. The number of carbonyl (C=O) groups excluding carboxylic acids is 1. The summed E-state index contributed by atoms with van der Waals surface area (Å²) in [5, 5.41) is 22.0. The zero-order chi connectivity index (χ0) is 23.1. The fourth-order valence-electron chi connectivity index (χ4n) is 2.75. The number of nitrogens with zero attached hydrogens (tertiary/aromatic N) is 4. The lowest BCUT2D eigenvalue weighted by Gasteiger charge is -2.11. The molecule has 1 amide bonds. The molecule has 1 aromatic carbocycles. The van der Waals surface area contributed by atoms with Gasteiger partial charge in [-0.05, 0) is 25.1 Å². The van der Waals surface area contributed by atoms with Crippen molar-refractivity contribution in [2.45, 2.75) is 26.1 Å². The van der Waals surface area contributed by atoms with Gasteiger partial charge in [0.25, 0.3) is 0 Å². The first kappa shape index (κ1) is 23.2.